The highest BCUT2D eigenvalue weighted by atomic mass is 32.1. The molecule has 0 radical (unpaired) electrons. The Bertz CT molecular complexity index is 619. The topological polar surface area (TPSA) is 78.1 Å². The van der Waals surface area contributed by atoms with Gasteiger partial charge in [0.2, 0.25) is 5.95 Å². The number of fused-ring (bicyclic) bond motifs is 1. The maximum absolute atomic E-state index is 11.7. The average Bonchev–Trinajstić information content (AvgIpc) is 2.73. The molecule has 0 aliphatic rings. The Labute approximate surface area is 108 Å². The first-order valence-corrected chi connectivity index (χ1v) is 6.34. The summed E-state index contributed by atoms with van der Waals surface area (Å²) in [6.45, 7) is 4.01. The third-order valence-electron chi connectivity index (χ3n) is 2.24. The van der Waals surface area contributed by atoms with Gasteiger partial charge in [-0.25, -0.2) is 14.8 Å². The van der Waals surface area contributed by atoms with Crippen molar-refractivity contribution in [3.63, 3.8) is 0 Å². The fourth-order valence-electron chi connectivity index (χ4n) is 1.55. The molecule has 0 amide bonds. The number of nitrogens with zero attached hydrogens (tertiary/aromatic N) is 2. The highest BCUT2D eigenvalue weighted by Crippen LogP contribution is 2.28. The minimum Gasteiger partial charge on any atom is -0.462 e. The van der Waals surface area contributed by atoms with Crippen LogP contribution < -0.4 is 5.73 Å². The van der Waals surface area contributed by atoms with Crippen molar-refractivity contribution in [1.82, 2.24) is 9.97 Å². The summed E-state index contributed by atoms with van der Waals surface area (Å²) in [4.78, 5) is 21.1. The molecule has 6 heteroatoms. The fraction of sp³-hybridized carbons (Fsp3) is 0.250. The molecule has 2 heterocycles. The van der Waals surface area contributed by atoms with Crippen molar-refractivity contribution in [3.05, 3.63) is 22.7 Å². The van der Waals surface area contributed by atoms with Crippen LogP contribution in [0.1, 0.15) is 29.2 Å². The fourth-order valence-corrected chi connectivity index (χ4v) is 2.49. The standard InChI is InChI=1S/C12H13N3O2S/c1-3-5-8-7-6-9(11(16)17-4-2)18-10(7)15-12(13)14-8/h3,5-6H,4H2,1-2H3,(H2,13,14,15)/b5-3+. The maximum atomic E-state index is 11.7. The molecule has 0 aliphatic carbocycles. The number of hydrogen-bond donors (Lipinski definition) is 1. The van der Waals surface area contributed by atoms with E-state index in [1.54, 1.807) is 13.0 Å². The van der Waals surface area contributed by atoms with Gasteiger partial charge < -0.3 is 10.5 Å². The van der Waals surface area contributed by atoms with E-state index in [4.69, 9.17) is 10.5 Å². The molecule has 2 aromatic rings. The van der Waals surface area contributed by atoms with Crippen LogP contribution in [-0.4, -0.2) is 22.5 Å². The van der Waals surface area contributed by atoms with Crippen molar-refractivity contribution >= 4 is 39.5 Å². The van der Waals surface area contributed by atoms with E-state index in [0.717, 1.165) is 5.39 Å². The number of esters is 1. The Morgan fingerprint density at radius 1 is 1.56 bits per heavy atom. The van der Waals surface area contributed by atoms with Crippen LogP contribution in [0.2, 0.25) is 0 Å². The Morgan fingerprint density at radius 2 is 2.33 bits per heavy atom. The number of carbonyl (C=O) groups is 1. The molecular formula is C12H13N3O2S. The van der Waals surface area contributed by atoms with Gasteiger partial charge in [0, 0.05) is 5.39 Å². The molecule has 0 fully saturated rings. The molecule has 2 rings (SSSR count). The summed E-state index contributed by atoms with van der Waals surface area (Å²) in [5, 5.41) is 0.815. The summed E-state index contributed by atoms with van der Waals surface area (Å²) in [5.41, 5.74) is 6.35. The van der Waals surface area contributed by atoms with Crippen LogP contribution in [0.25, 0.3) is 16.3 Å². The number of allylic oxidation sites excluding steroid dienone is 1. The molecule has 2 aromatic heterocycles. The first kappa shape index (κ1) is 12.5. The van der Waals surface area contributed by atoms with Crippen molar-refractivity contribution in [2.75, 3.05) is 12.3 Å². The molecule has 94 valence electrons. The van der Waals surface area contributed by atoms with E-state index < -0.39 is 0 Å². The van der Waals surface area contributed by atoms with Gasteiger partial charge in [-0.1, -0.05) is 6.08 Å². The molecule has 18 heavy (non-hydrogen) atoms. The molecule has 0 saturated carbocycles. The zero-order valence-electron chi connectivity index (χ0n) is 10.1. The van der Waals surface area contributed by atoms with E-state index >= 15 is 0 Å². The largest absolute Gasteiger partial charge is 0.462 e. The van der Waals surface area contributed by atoms with Gasteiger partial charge in [-0.15, -0.1) is 11.3 Å². The average molecular weight is 263 g/mol. The van der Waals surface area contributed by atoms with Crippen LogP contribution in [0.4, 0.5) is 5.95 Å². The van der Waals surface area contributed by atoms with E-state index in [1.165, 1.54) is 11.3 Å². The number of ether oxygens (including phenoxy) is 1. The Hall–Kier alpha value is -1.95. The lowest BCUT2D eigenvalue weighted by Gasteiger charge is -1.96. The summed E-state index contributed by atoms with van der Waals surface area (Å²) in [6.07, 6.45) is 3.70. The Balaban J connectivity index is 2.56. The molecule has 0 bridgehead atoms. The van der Waals surface area contributed by atoms with Gasteiger partial charge in [-0.2, -0.15) is 0 Å². The minimum atomic E-state index is -0.342. The highest BCUT2D eigenvalue weighted by Gasteiger charge is 2.14. The minimum absolute atomic E-state index is 0.202. The molecule has 0 aromatic carbocycles. The maximum Gasteiger partial charge on any atom is 0.348 e. The van der Waals surface area contributed by atoms with Crippen molar-refractivity contribution in [2.45, 2.75) is 13.8 Å². The van der Waals surface area contributed by atoms with Gasteiger partial charge in [0.05, 0.1) is 12.3 Å². The molecule has 0 aliphatic heterocycles. The number of nitrogen functional groups attached to an aromatic ring is 1. The molecule has 2 N–H and O–H groups in total. The summed E-state index contributed by atoms with van der Waals surface area (Å²) < 4.78 is 4.96. The van der Waals surface area contributed by atoms with E-state index in [1.807, 2.05) is 19.1 Å². The second-order valence-corrected chi connectivity index (χ2v) is 4.55. The van der Waals surface area contributed by atoms with Crippen LogP contribution >= 0.6 is 11.3 Å². The molecule has 0 atom stereocenters. The van der Waals surface area contributed by atoms with Crippen molar-refractivity contribution in [2.24, 2.45) is 0 Å². The predicted molar refractivity (Wildman–Crippen MR) is 72.5 cm³/mol. The van der Waals surface area contributed by atoms with Gasteiger partial charge >= 0.3 is 5.97 Å². The highest BCUT2D eigenvalue weighted by molar-refractivity contribution is 7.20. The third-order valence-corrected chi connectivity index (χ3v) is 3.25. The summed E-state index contributed by atoms with van der Waals surface area (Å²) in [7, 11) is 0. The van der Waals surface area contributed by atoms with Crippen LogP contribution in [0.5, 0.6) is 0 Å². The quantitative estimate of drug-likeness (QED) is 0.861. The van der Waals surface area contributed by atoms with E-state index in [2.05, 4.69) is 9.97 Å². The zero-order chi connectivity index (χ0) is 13.1. The van der Waals surface area contributed by atoms with Gasteiger partial charge in [-0.3, -0.25) is 0 Å². The van der Waals surface area contributed by atoms with Gasteiger partial charge in [0.1, 0.15) is 9.71 Å². The van der Waals surface area contributed by atoms with Crippen LogP contribution in [0.3, 0.4) is 0 Å². The van der Waals surface area contributed by atoms with Crippen molar-refractivity contribution < 1.29 is 9.53 Å². The van der Waals surface area contributed by atoms with E-state index in [-0.39, 0.29) is 11.9 Å². The van der Waals surface area contributed by atoms with E-state index in [9.17, 15) is 4.79 Å². The van der Waals surface area contributed by atoms with Gasteiger partial charge in [0.25, 0.3) is 0 Å². The van der Waals surface area contributed by atoms with Crippen molar-refractivity contribution in [3.8, 4) is 0 Å². The summed E-state index contributed by atoms with van der Waals surface area (Å²) in [6, 6.07) is 1.74. The zero-order valence-corrected chi connectivity index (χ0v) is 11.0. The van der Waals surface area contributed by atoms with Gasteiger partial charge in [0.15, 0.2) is 0 Å². The lowest BCUT2D eigenvalue weighted by Crippen LogP contribution is -2.01. The number of nitrogens with two attached hydrogens (primary N) is 1. The molecule has 0 spiro atoms. The second-order valence-electron chi connectivity index (χ2n) is 3.52. The lowest BCUT2D eigenvalue weighted by atomic mass is 10.2. The number of carbonyl (C=O) groups excluding carboxylic acids is 1. The molecular weight excluding hydrogens is 250 g/mol. The van der Waals surface area contributed by atoms with E-state index in [0.29, 0.717) is 22.0 Å². The normalized spacial score (nSPS) is 11.2. The molecule has 0 saturated heterocycles. The Morgan fingerprint density at radius 3 is 3.00 bits per heavy atom. The van der Waals surface area contributed by atoms with Crippen LogP contribution in [-0.2, 0) is 4.74 Å². The van der Waals surface area contributed by atoms with Crippen LogP contribution in [0, 0.1) is 0 Å². The first-order valence-electron chi connectivity index (χ1n) is 5.52. The number of aromatic nitrogens is 2. The van der Waals surface area contributed by atoms with Crippen molar-refractivity contribution in [1.29, 1.82) is 0 Å². The van der Waals surface area contributed by atoms with Crippen LogP contribution in [0.15, 0.2) is 12.1 Å². The second kappa shape index (κ2) is 5.14. The van der Waals surface area contributed by atoms with Gasteiger partial charge in [-0.05, 0) is 26.0 Å². The number of thiophene rings is 1. The molecule has 0 unspecified atom stereocenters. The SMILES string of the molecule is C/C=C/c1nc(N)nc2sc(C(=O)OCC)cc12. The summed E-state index contributed by atoms with van der Waals surface area (Å²) in [5.74, 6) is -0.140. The Kier molecular flexibility index (Phi) is 3.57. The molecule has 5 nitrogen and oxygen atoms in total. The smallest absolute Gasteiger partial charge is 0.348 e. The lowest BCUT2D eigenvalue weighted by molar-refractivity contribution is 0.0532. The first-order chi connectivity index (χ1) is 8.65. The predicted octanol–water partition coefficient (Wildman–Crippen LogP) is 2.48. The third kappa shape index (κ3) is 2.33. The number of rotatable bonds is 3. The number of anilines is 1. The summed E-state index contributed by atoms with van der Waals surface area (Å²) >= 11 is 1.26. The monoisotopic (exact) mass is 263 g/mol. The number of hydrogen-bond acceptors (Lipinski definition) is 6.